The predicted molar refractivity (Wildman–Crippen MR) is 136 cm³/mol. The molecular formula is C24H16Br2ClNO3S. The van der Waals surface area contributed by atoms with Crippen LogP contribution in [0.1, 0.15) is 16.7 Å². The molecule has 0 N–H and O–H groups in total. The van der Waals surface area contributed by atoms with Crippen molar-refractivity contribution in [2.75, 3.05) is 0 Å². The number of ether oxygens (including phenoxy) is 1. The van der Waals surface area contributed by atoms with Crippen molar-refractivity contribution in [2.24, 2.45) is 0 Å². The fourth-order valence-electron chi connectivity index (χ4n) is 3.08. The normalized spacial score (nSPS) is 15.0. The summed E-state index contributed by atoms with van der Waals surface area (Å²) in [6.07, 6.45) is 1.72. The zero-order valence-electron chi connectivity index (χ0n) is 16.6. The molecule has 0 saturated carbocycles. The minimum Gasteiger partial charge on any atom is -0.488 e. The fourth-order valence-corrected chi connectivity index (χ4v) is 5.03. The van der Waals surface area contributed by atoms with Crippen molar-refractivity contribution in [1.82, 2.24) is 4.90 Å². The molecule has 8 heteroatoms. The molecule has 0 spiro atoms. The lowest BCUT2D eigenvalue weighted by Crippen LogP contribution is -2.27. The molecule has 0 aromatic heterocycles. The number of rotatable bonds is 6. The molecule has 162 valence electrons. The molecule has 3 aromatic carbocycles. The Bertz CT molecular complexity index is 1230. The van der Waals surface area contributed by atoms with Crippen LogP contribution in [0, 0.1) is 0 Å². The van der Waals surface area contributed by atoms with Crippen LogP contribution in [0.15, 0.2) is 80.6 Å². The zero-order chi connectivity index (χ0) is 22.7. The first-order valence-corrected chi connectivity index (χ1v) is 12.3. The summed E-state index contributed by atoms with van der Waals surface area (Å²) in [4.78, 5) is 26.9. The highest BCUT2D eigenvalue weighted by atomic mass is 79.9. The number of carbonyl (C=O) groups excluding carboxylic acids is 2. The number of carbonyl (C=O) groups is 2. The minimum atomic E-state index is -0.300. The van der Waals surface area contributed by atoms with Gasteiger partial charge in [-0.15, -0.1) is 0 Å². The highest BCUT2D eigenvalue weighted by Crippen LogP contribution is 2.35. The molecule has 2 amide bonds. The molecule has 0 unspecified atom stereocenters. The van der Waals surface area contributed by atoms with Crippen LogP contribution in [0.2, 0.25) is 5.02 Å². The summed E-state index contributed by atoms with van der Waals surface area (Å²) in [5.41, 5.74) is 2.55. The third-order valence-corrected chi connectivity index (χ3v) is 7.42. The third kappa shape index (κ3) is 5.29. The van der Waals surface area contributed by atoms with E-state index in [9.17, 15) is 9.59 Å². The largest absolute Gasteiger partial charge is 0.488 e. The van der Waals surface area contributed by atoms with Crippen LogP contribution in [-0.4, -0.2) is 16.0 Å². The van der Waals surface area contributed by atoms with E-state index in [1.54, 1.807) is 6.08 Å². The molecule has 1 aliphatic heterocycles. The van der Waals surface area contributed by atoms with Crippen molar-refractivity contribution in [3.05, 3.63) is 102 Å². The van der Waals surface area contributed by atoms with Gasteiger partial charge >= 0.3 is 0 Å². The molecule has 0 bridgehead atoms. The van der Waals surface area contributed by atoms with E-state index in [-0.39, 0.29) is 17.7 Å². The third-order valence-electron chi connectivity index (χ3n) is 4.75. The topological polar surface area (TPSA) is 46.6 Å². The lowest BCUT2D eigenvalue weighted by atomic mass is 10.2. The van der Waals surface area contributed by atoms with Crippen molar-refractivity contribution in [3.63, 3.8) is 0 Å². The van der Waals surface area contributed by atoms with Gasteiger partial charge in [-0.3, -0.25) is 14.5 Å². The number of nitrogens with zero attached hydrogens (tertiary/aromatic N) is 1. The summed E-state index contributed by atoms with van der Waals surface area (Å²) in [5.74, 6) is 0.357. The summed E-state index contributed by atoms with van der Waals surface area (Å²) >= 11 is 14.1. The molecule has 1 fully saturated rings. The Kier molecular flexibility index (Phi) is 7.40. The fraction of sp³-hybridized carbons (Fsp3) is 0.0833. The Morgan fingerprint density at radius 1 is 0.938 bits per heavy atom. The van der Waals surface area contributed by atoms with Gasteiger partial charge < -0.3 is 4.74 Å². The maximum absolute atomic E-state index is 12.8. The number of hydrogen-bond donors (Lipinski definition) is 0. The van der Waals surface area contributed by atoms with Crippen molar-refractivity contribution in [2.45, 2.75) is 13.2 Å². The van der Waals surface area contributed by atoms with Gasteiger partial charge in [-0.05, 0) is 69.2 Å². The monoisotopic (exact) mass is 591 g/mol. The average Bonchev–Trinajstić information content (AvgIpc) is 3.03. The lowest BCUT2D eigenvalue weighted by molar-refractivity contribution is -0.123. The highest BCUT2D eigenvalue weighted by molar-refractivity contribution is 9.10. The first-order valence-electron chi connectivity index (χ1n) is 9.57. The first-order chi connectivity index (χ1) is 15.4. The number of imide groups is 1. The zero-order valence-corrected chi connectivity index (χ0v) is 21.3. The minimum absolute atomic E-state index is 0.224. The van der Waals surface area contributed by atoms with Gasteiger partial charge in [0.15, 0.2) is 0 Å². The quantitative estimate of drug-likeness (QED) is 0.275. The number of amides is 2. The van der Waals surface area contributed by atoms with Gasteiger partial charge in [0.25, 0.3) is 11.1 Å². The average molecular weight is 594 g/mol. The summed E-state index contributed by atoms with van der Waals surface area (Å²) in [5, 5.41) is 0.370. The molecule has 3 aromatic rings. The molecule has 0 atom stereocenters. The van der Waals surface area contributed by atoms with E-state index >= 15 is 0 Å². The van der Waals surface area contributed by atoms with Gasteiger partial charge in [-0.1, -0.05) is 70.0 Å². The molecule has 1 heterocycles. The molecule has 0 radical (unpaired) electrons. The van der Waals surface area contributed by atoms with Gasteiger partial charge in [-0.2, -0.15) is 0 Å². The second kappa shape index (κ2) is 10.3. The summed E-state index contributed by atoms with van der Waals surface area (Å²) in [7, 11) is 0. The maximum Gasteiger partial charge on any atom is 0.293 e. The smallest absolute Gasteiger partial charge is 0.293 e. The van der Waals surface area contributed by atoms with E-state index in [4.69, 9.17) is 16.3 Å². The van der Waals surface area contributed by atoms with Crippen molar-refractivity contribution < 1.29 is 14.3 Å². The van der Waals surface area contributed by atoms with Crippen molar-refractivity contribution in [1.29, 1.82) is 0 Å². The summed E-state index contributed by atoms with van der Waals surface area (Å²) in [6, 6.07) is 20.6. The Hall–Kier alpha value is -2.06. The Labute approximate surface area is 211 Å². The van der Waals surface area contributed by atoms with Crippen LogP contribution < -0.4 is 4.74 Å². The molecule has 32 heavy (non-hydrogen) atoms. The lowest BCUT2D eigenvalue weighted by Gasteiger charge is -2.13. The standard InChI is InChI=1S/C24H16Br2ClNO3S/c25-18-7-3-1-5-16(18)13-28-23(29)22(32-24(28)30)12-15-9-10-21(19(26)11-15)31-14-17-6-2-4-8-20(17)27/h1-12H,13-14H2/b22-12+. The Morgan fingerprint density at radius 2 is 1.66 bits per heavy atom. The van der Waals surface area contributed by atoms with Crippen LogP contribution in [0.25, 0.3) is 6.08 Å². The summed E-state index contributed by atoms with van der Waals surface area (Å²) < 4.78 is 7.47. The van der Waals surface area contributed by atoms with Crippen LogP contribution in [-0.2, 0) is 17.9 Å². The second-order valence-corrected chi connectivity index (χ2v) is 10.0. The Balaban J connectivity index is 1.47. The van der Waals surface area contributed by atoms with Gasteiger partial charge in [0, 0.05) is 15.1 Å². The van der Waals surface area contributed by atoms with E-state index in [1.807, 2.05) is 66.7 Å². The van der Waals surface area contributed by atoms with E-state index < -0.39 is 0 Å². The number of benzene rings is 3. The predicted octanol–water partition coefficient (Wildman–Crippen LogP) is 7.68. The Morgan fingerprint density at radius 3 is 2.38 bits per heavy atom. The SMILES string of the molecule is O=C1S/C(=C/c2ccc(OCc3ccccc3Cl)c(Br)c2)C(=O)N1Cc1ccccc1Br. The number of halogens is 3. The molecule has 1 saturated heterocycles. The van der Waals surface area contributed by atoms with Crippen LogP contribution >= 0.6 is 55.2 Å². The van der Waals surface area contributed by atoms with Crippen molar-refractivity contribution in [3.8, 4) is 5.75 Å². The van der Waals surface area contributed by atoms with Gasteiger partial charge in [0.05, 0.1) is 15.9 Å². The molecule has 4 rings (SSSR count). The van der Waals surface area contributed by atoms with E-state index in [0.717, 1.165) is 37.4 Å². The van der Waals surface area contributed by atoms with Gasteiger partial charge in [0.1, 0.15) is 12.4 Å². The second-order valence-electron chi connectivity index (χ2n) is 6.93. The van der Waals surface area contributed by atoms with Crippen LogP contribution in [0.5, 0.6) is 5.75 Å². The van der Waals surface area contributed by atoms with Gasteiger partial charge in [-0.25, -0.2) is 0 Å². The number of hydrogen-bond acceptors (Lipinski definition) is 4. The molecular weight excluding hydrogens is 578 g/mol. The van der Waals surface area contributed by atoms with Crippen LogP contribution in [0.3, 0.4) is 0 Å². The first kappa shape index (κ1) is 23.1. The van der Waals surface area contributed by atoms with E-state index in [1.165, 1.54) is 4.90 Å². The molecule has 4 nitrogen and oxygen atoms in total. The maximum atomic E-state index is 12.8. The summed E-state index contributed by atoms with van der Waals surface area (Å²) in [6.45, 7) is 0.563. The highest BCUT2D eigenvalue weighted by Gasteiger charge is 2.35. The number of thioether (sulfide) groups is 1. The van der Waals surface area contributed by atoms with Crippen molar-refractivity contribution >= 4 is 72.4 Å². The molecule has 1 aliphatic rings. The molecule has 0 aliphatic carbocycles. The van der Waals surface area contributed by atoms with Crippen LogP contribution in [0.4, 0.5) is 4.79 Å². The van der Waals surface area contributed by atoms with E-state index in [0.29, 0.717) is 22.3 Å². The van der Waals surface area contributed by atoms with Gasteiger partial charge in [0.2, 0.25) is 0 Å². The van der Waals surface area contributed by atoms with E-state index in [2.05, 4.69) is 31.9 Å².